The van der Waals surface area contributed by atoms with Crippen molar-refractivity contribution in [2.75, 3.05) is 12.8 Å². The van der Waals surface area contributed by atoms with Crippen LogP contribution < -0.4 is 10.5 Å². The van der Waals surface area contributed by atoms with Gasteiger partial charge in [0.05, 0.1) is 24.6 Å². The third-order valence-electron chi connectivity index (χ3n) is 3.26. The van der Waals surface area contributed by atoms with E-state index in [1.165, 1.54) is 31.6 Å². The number of H-pyrrole nitrogens is 1. The minimum atomic E-state index is -0.715. The average molecular weight is 285 g/mol. The van der Waals surface area contributed by atoms with Crippen LogP contribution in [0.3, 0.4) is 0 Å². The van der Waals surface area contributed by atoms with E-state index in [-0.39, 0.29) is 11.3 Å². The van der Waals surface area contributed by atoms with E-state index in [4.69, 9.17) is 10.5 Å². The summed E-state index contributed by atoms with van der Waals surface area (Å²) < 4.78 is 19.1. The van der Waals surface area contributed by atoms with Crippen LogP contribution >= 0.6 is 0 Å². The molecule has 0 atom stereocenters. The summed E-state index contributed by atoms with van der Waals surface area (Å²) in [5, 5.41) is 0.571. The molecule has 0 amide bonds. The number of nitrogen functional groups attached to an aromatic ring is 1. The quantitative estimate of drug-likeness (QED) is 0.572. The smallest absolute Gasteiger partial charge is 0.198 e. The van der Waals surface area contributed by atoms with Gasteiger partial charge in [-0.15, -0.1) is 0 Å². The molecular formula is C15H12FN3O2. The zero-order valence-electron chi connectivity index (χ0n) is 11.2. The van der Waals surface area contributed by atoms with Gasteiger partial charge in [0.15, 0.2) is 11.6 Å². The number of carbonyl (C=O) groups is 1. The number of anilines is 1. The molecule has 106 valence electrons. The molecule has 0 saturated carbocycles. The van der Waals surface area contributed by atoms with Crippen molar-refractivity contribution in [1.29, 1.82) is 0 Å². The molecule has 0 spiro atoms. The van der Waals surface area contributed by atoms with Crippen LogP contribution in [0, 0.1) is 5.82 Å². The number of ketones is 1. The van der Waals surface area contributed by atoms with E-state index in [1.54, 1.807) is 12.1 Å². The number of carbonyl (C=O) groups excluding carboxylic acids is 1. The number of fused-ring (bicyclic) bond motifs is 1. The molecule has 1 aromatic carbocycles. The van der Waals surface area contributed by atoms with Gasteiger partial charge in [-0.3, -0.25) is 4.79 Å². The lowest BCUT2D eigenvalue weighted by atomic mass is 10.0. The van der Waals surface area contributed by atoms with Crippen LogP contribution in [0.5, 0.6) is 5.75 Å². The number of hydrogen-bond donors (Lipinski definition) is 2. The van der Waals surface area contributed by atoms with Crippen molar-refractivity contribution >= 4 is 22.5 Å². The molecule has 0 aliphatic heterocycles. The summed E-state index contributed by atoms with van der Waals surface area (Å²) in [6, 6.07) is 6.03. The fraction of sp³-hybridized carbons (Fsp3) is 0.0667. The van der Waals surface area contributed by atoms with Crippen molar-refractivity contribution in [3.63, 3.8) is 0 Å². The summed E-state index contributed by atoms with van der Waals surface area (Å²) in [7, 11) is 1.51. The SMILES string of the molecule is COc1cnc2[nH]cc(C(=O)c3cccc(N)c3F)c2c1. The van der Waals surface area contributed by atoms with E-state index in [0.29, 0.717) is 22.3 Å². The van der Waals surface area contributed by atoms with Crippen molar-refractivity contribution in [3.8, 4) is 5.75 Å². The van der Waals surface area contributed by atoms with Crippen molar-refractivity contribution in [3.05, 3.63) is 53.6 Å². The Labute approximate surface area is 119 Å². The number of aromatic amines is 1. The topological polar surface area (TPSA) is 81.0 Å². The van der Waals surface area contributed by atoms with Gasteiger partial charge in [-0.05, 0) is 18.2 Å². The first-order valence-corrected chi connectivity index (χ1v) is 6.21. The second-order valence-corrected chi connectivity index (χ2v) is 4.51. The molecule has 0 unspecified atom stereocenters. The van der Waals surface area contributed by atoms with E-state index < -0.39 is 11.6 Å². The van der Waals surface area contributed by atoms with Gasteiger partial charge in [-0.25, -0.2) is 9.37 Å². The zero-order chi connectivity index (χ0) is 15.0. The van der Waals surface area contributed by atoms with Gasteiger partial charge in [-0.1, -0.05) is 6.07 Å². The third-order valence-corrected chi connectivity index (χ3v) is 3.26. The highest BCUT2D eigenvalue weighted by atomic mass is 19.1. The third kappa shape index (κ3) is 2.10. The molecule has 3 N–H and O–H groups in total. The van der Waals surface area contributed by atoms with E-state index in [1.807, 2.05) is 0 Å². The second kappa shape index (κ2) is 4.90. The van der Waals surface area contributed by atoms with Crippen LogP contribution in [0.2, 0.25) is 0 Å². The molecular weight excluding hydrogens is 273 g/mol. The highest BCUT2D eigenvalue weighted by molar-refractivity contribution is 6.16. The summed E-state index contributed by atoms with van der Waals surface area (Å²) in [6.07, 6.45) is 3.04. The largest absolute Gasteiger partial charge is 0.495 e. The lowest BCUT2D eigenvalue weighted by molar-refractivity contribution is 0.103. The maximum absolute atomic E-state index is 14.0. The van der Waals surface area contributed by atoms with Crippen LogP contribution in [0.15, 0.2) is 36.7 Å². The van der Waals surface area contributed by atoms with Gasteiger partial charge in [0.2, 0.25) is 0 Å². The van der Waals surface area contributed by atoms with E-state index >= 15 is 0 Å². The van der Waals surface area contributed by atoms with Crippen LogP contribution in [-0.2, 0) is 0 Å². The normalized spacial score (nSPS) is 10.8. The molecule has 2 heterocycles. The van der Waals surface area contributed by atoms with Gasteiger partial charge < -0.3 is 15.5 Å². The Morgan fingerprint density at radius 2 is 2.19 bits per heavy atom. The highest BCUT2D eigenvalue weighted by Crippen LogP contribution is 2.25. The molecule has 0 bridgehead atoms. The maximum Gasteiger partial charge on any atom is 0.198 e. The zero-order valence-corrected chi connectivity index (χ0v) is 11.2. The molecule has 0 radical (unpaired) electrons. The molecule has 5 nitrogen and oxygen atoms in total. The maximum atomic E-state index is 14.0. The van der Waals surface area contributed by atoms with Crippen molar-refractivity contribution in [1.82, 2.24) is 9.97 Å². The predicted octanol–water partition coefficient (Wildman–Crippen LogP) is 2.52. The summed E-state index contributed by atoms with van der Waals surface area (Å²) in [5.74, 6) is -0.655. The number of halogens is 1. The number of benzene rings is 1. The van der Waals surface area contributed by atoms with E-state index in [9.17, 15) is 9.18 Å². The lowest BCUT2D eigenvalue weighted by Crippen LogP contribution is -2.06. The van der Waals surface area contributed by atoms with Crippen molar-refractivity contribution in [2.24, 2.45) is 0 Å². The van der Waals surface area contributed by atoms with E-state index in [0.717, 1.165) is 0 Å². The number of nitrogens with one attached hydrogen (secondary N) is 1. The molecule has 0 fully saturated rings. The molecule has 2 aromatic heterocycles. The Hall–Kier alpha value is -2.89. The van der Waals surface area contributed by atoms with Gasteiger partial charge in [0, 0.05) is 17.1 Å². The number of hydrogen-bond acceptors (Lipinski definition) is 4. The number of nitrogens with two attached hydrogens (primary N) is 1. The van der Waals surface area contributed by atoms with Gasteiger partial charge in [0.25, 0.3) is 0 Å². The van der Waals surface area contributed by atoms with E-state index in [2.05, 4.69) is 9.97 Å². The highest BCUT2D eigenvalue weighted by Gasteiger charge is 2.19. The molecule has 0 saturated heterocycles. The number of pyridine rings is 1. The Balaban J connectivity index is 2.15. The predicted molar refractivity (Wildman–Crippen MR) is 76.9 cm³/mol. The molecule has 3 rings (SSSR count). The van der Waals surface area contributed by atoms with Gasteiger partial charge in [0.1, 0.15) is 11.4 Å². The Morgan fingerprint density at radius 3 is 2.95 bits per heavy atom. The summed E-state index contributed by atoms with van der Waals surface area (Å²) >= 11 is 0. The fourth-order valence-corrected chi connectivity index (χ4v) is 2.15. The standard InChI is InChI=1S/C15H12FN3O2/c1-21-8-5-10-11(7-19-15(10)18-6-8)14(20)9-3-2-4-12(17)13(9)16/h2-7H,17H2,1H3,(H,18,19). The van der Waals surface area contributed by atoms with Crippen LogP contribution in [0.25, 0.3) is 11.0 Å². The Bertz CT molecular complexity index is 842. The van der Waals surface area contributed by atoms with Crippen LogP contribution in [0.4, 0.5) is 10.1 Å². The molecule has 0 aliphatic carbocycles. The first kappa shape index (κ1) is 13.1. The summed E-state index contributed by atoms with van der Waals surface area (Å²) in [6.45, 7) is 0. The van der Waals surface area contributed by atoms with Gasteiger partial charge in [-0.2, -0.15) is 0 Å². The minimum Gasteiger partial charge on any atom is -0.495 e. The molecule has 3 aromatic rings. The number of ether oxygens (including phenoxy) is 1. The van der Waals surface area contributed by atoms with Crippen molar-refractivity contribution in [2.45, 2.75) is 0 Å². The Kier molecular flexibility index (Phi) is 3.06. The number of nitrogens with zero attached hydrogens (tertiary/aromatic N) is 1. The minimum absolute atomic E-state index is 0.0589. The number of methoxy groups -OCH3 is 1. The van der Waals surface area contributed by atoms with Gasteiger partial charge >= 0.3 is 0 Å². The van der Waals surface area contributed by atoms with Crippen LogP contribution in [-0.4, -0.2) is 22.9 Å². The second-order valence-electron chi connectivity index (χ2n) is 4.51. The average Bonchev–Trinajstić information content (AvgIpc) is 2.92. The molecule has 6 heteroatoms. The summed E-state index contributed by atoms with van der Waals surface area (Å²) in [5.41, 5.74) is 6.22. The molecule has 0 aliphatic rings. The van der Waals surface area contributed by atoms with Crippen molar-refractivity contribution < 1.29 is 13.9 Å². The monoisotopic (exact) mass is 285 g/mol. The first-order chi connectivity index (χ1) is 10.1. The fourth-order valence-electron chi connectivity index (χ4n) is 2.15. The van der Waals surface area contributed by atoms with Crippen LogP contribution in [0.1, 0.15) is 15.9 Å². The Morgan fingerprint density at radius 1 is 1.38 bits per heavy atom. The number of rotatable bonds is 3. The molecule has 21 heavy (non-hydrogen) atoms. The lowest BCUT2D eigenvalue weighted by Gasteiger charge is -2.04. The summed E-state index contributed by atoms with van der Waals surface area (Å²) in [4.78, 5) is 19.5. The number of aromatic nitrogens is 2. The first-order valence-electron chi connectivity index (χ1n) is 6.21.